The van der Waals surface area contributed by atoms with Gasteiger partial charge in [-0.05, 0) is 0 Å². The Morgan fingerprint density at radius 2 is 1.15 bits per heavy atom. The van der Waals surface area contributed by atoms with Crippen LogP contribution in [0.2, 0.25) is 0 Å². The molecule has 0 spiro atoms. The predicted octanol–water partition coefficient (Wildman–Crippen LogP) is -2.03. The fourth-order valence-electron chi connectivity index (χ4n) is 1.25. The zero-order chi connectivity index (χ0) is 15.7. The lowest BCUT2D eigenvalue weighted by Gasteiger charge is -2.14. The summed E-state index contributed by atoms with van der Waals surface area (Å²) < 4.78 is 0. The number of rotatable bonds is 6. The van der Waals surface area contributed by atoms with Gasteiger partial charge in [0, 0.05) is 12.8 Å². The lowest BCUT2D eigenvalue weighted by atomic mass is 10.4. The molecule has 20 heavy (non-hydrogen) atoms. The molecular weight excluding hydrogens is 276 g/mol. The minimum Gasteiger partial charge on any atom is -0.480 e. The third-order valence-electron chi connectivity index (χ3n) is 1.93. The van der Waals surface area contributed by atoms with Crippen LogP contribution in [0.1, 0.15) is 12.8 Å². The van der Waals surface area contributed by atoms with Gasteiger partial charge in [0.15, 0.2) is 0 Å². The van der Waals surface area contributed by atoms with Crippen molar-refractivity contribution in [2.45, 2.75) is 12.8 Å². The van der Waals surface area contributed by atoms with Crippen molar-refractivity contribution in [2.75, 3.05) is 19.6 Å². The second-order valence-electron chi connectivity index (χ2n) is 3.80. The van der Waals surface area contributed by atoms with E-state index in [0.29, 0.717) is 12.8 Å². The number of amides is 2. The van der Waals surface area contributed by atoms with Crippen molar-refractivity contribution in [2.24, 2.45) is 0 Å². The molecule has 0 unspecified atom stereocenters. The first-order valence-corrected chi connectivity index (χ1v) is 5.41. The topological polar surface area (TPSA) is 161 Å². The zero-order valence-electron chi connectivity index (χ0n) is 10.4. The molecule has 1 aliphatic heterocycles. The summed E-state index contributed by atoms with van der Waals surface area (Å²) in [5.41, 5.74) is 0. The fraction of sp³-hybridized carbons (Fsp3) is 0.500. The van der Waals surface area contributed by atoms with Crippen LogP contribution in [0.5, 0.6) is 0 Å². The lowest BCUT2D eigenvalue weighted by molar-refractivity contribution is -0.145. The van der Waals surface area contributed by atoms with Crippen LogP contribution in [0.3, 0.4) is 0 Å². The molecule has 1 aliphatic rings. The molecule has 0 aromatic carbocycles. The Bertz CT molecular complexity index is 367. The van der Waals surface area contributed by atoms with Gasteiger partial charge in [0.05, 0.1) is 19.6 Å². The molecule has 112 valence electrons. The monoisotopic (exact) mass is 290 g/mol. The molecule has 2 amide bonds. The Balaban J connectivity index is 0.000000428. The van der Waals surface area contributed by atoms with Gasteiger partial charge in [-0.25, -0.2) is 0 Å². The highest BCUT2D eigenvalue weighted by molar-refractivity contribution is 6.01. The second-order valence-corrected chi connectivity index (χ2v) is 3.80. The summed E-state index contributed by atoms with van der Waals surface area (Å²) >= 11 is 0. The molecule has 0 saturated carbocycles. The van der Waals surface area contributed by atoms with Crippen molar-refractivity contribution < 1.29 is 39.3 Å². The summed E-state index contributed by atoms with van der Waals surface area (Å²) in [6.45, 7) is -1.80. The van der Waals surface area contributed by atoms with E-state index >= 15 is 0 Å². The number of hydrogen-bond acceptors (Lipinski definition) is 6. The van der Waals surface area contributed by atoms with Crippen molar-refractivity contribution in [3.05, 3.63) is 0 Å². The van der Waals surface area contributed by atoms with Crippen LogP contribution in [-0.2, 0) is 24.0 Å². The average Bonchev–Trinajstić information content (AvgIpc) is 2.60. The first-order valence-electron chi connectivity index (χ1n) is 5.41. The maximum atomic E-state index is 10.1. The van der Waals surface area contributed by atoms with Crippen LogP contribution in [0, 0.1) is 0 Å². The van der Waals surface area contributed by atoms with Gasteiger partial charge < -0.3 is 15.3 Å². The molecule has 1 rings (SSSR count). The summed E-state index contributed by atoms with van der Waals surface area (Å²) in [6.07, 6.45) is 0.748. The first kappa shape index (κ1) is 17.5. The second kappa shape index (κ2) is 8.58. The molecule has 10 nitrogen and oxygen atoms in total. The molecule has 1 heterocycles. The maximum absolute atomic E-state index is 10.1. The highest BCUT2D eigenvalue weighted by Gasteiger charge is 2.16. The molecule has 0 aromatic heterocycles. The van der Waals surface area contributed by atoms with E-state index in [2.05, 4.69) is 5.32 Å². The molecular formula is C10H14N2O8. The van der Waals surface area contributed by atoms with Crippen molar-refractivity contribution in [1.29, 1.82) is 0 Å². The normalized spacial score (nSPS) is 13.4. The number of carboxylic acid groups (broad SMARTS) is 3. The van der Waals surface area contributed by atoms with Crippen molar-refractivity contribution in [1.82, 2.24) is 10.2 Å². The molecule has 1 saturated heterocycles. The number of aliphatic carboxylic acids is 3. The molecule has 0 atom stereocenters. The van der Waals surface area contributed by atoms with Gasteiger partial charge in [-0.3, -0.25) is 34.2 Å². The van der Waals surface area contributed by atoms with Crippen LogP contribution in [0.25, 0.3) is 0 Å². The number of carboxylic acids is 3. The van der Waals surface area contributed by atoms with E-state index in [9.17, 15) is 24.0 Å². The number of hydrogen-bond donors (Lipinski definition) is 4. The van der Waals surface area contributed by atoms with Gasteiger partial charge in [0.25, 0.3) is 0 Å². The van der Waals surface area contributed by atoms with Gasteiger partial charge in [-0.15, -0.1) is 0 Å². The van der Waals surface area contributed by atoms with E-state index in [-0.39, 0.29) is 11.8 Å². The van der Waals surface area contributed by atoms with Gasteiger partial charge in [-0.1, -0.05) is 0 Å². The van der Waals surface area contributed by atoms with Crippen LogP contribution >= 0.6 is 0 Å². The van der Waals surface area contributed by atoms with Crippen molar-refractivity contribution in [3.63, 3.8) is 0 Å². The van der Waals surface area contributed by atoms with Crippen LogP contribution in [0.4, 0.5) is 0 Å². The number of imide groups is 1. The highest BCUT2D eigenvalue weighted by atomic mass is 16.4. The average molecular weight is 290 g/mol. The summed E-state index contributed by atoms with van der Waals surface area (Å²) in [6, 6.07) is 0. The third-order valence-corrected chi connectivity index (χ3v) is 1.93. The molecule has 1 fully saturated rings. The van der Waals surface area contributed by atoms with Gasteiger partial charge in [0.1, 0.15) is 0 Å². The summed E-state index contributed by atoms with van der Waals surface area (Å²) in [5.74, 6) is -4.08. The standard InChI is InChI=1S/C6H9NO6.C4H5NO2/c8-4(9)1-7(2-5(10)11)3-6(12)13;6-3-1-2-4(7)5-3/h1-3H2,(H,8,9)(H,10,11)(H,12,13);1-2H2,(H,5,6,7). The molecule has 0 aromatic rings. The first-order chi connectivity index (χ1) is 9.20. The molecule has 0 aliphatic carbocycles. The fourth-order valence-corrected chi connectivity index (χ4v) is 1.25. The van der Waals surface area contributed by atoms with Gasteiger partial charge in [-0.2, -0.15) is 0 Å². The van der Waals surface area contributed by atoms with E-state index in [1.807, 2.05) is 0 Å². The van der Waals surface area contributed by atoms with Crippen molar-refractivity contribution in [3.8, 4) is 0 Å². The molecule has 0 radical (unpaired) electrons. The summed E-state index contributed by atoms with van der Waals surface area (Å²) in [5, 5.41) is 27.0. The Morgan fingerprint density at radius 3 is 1.30 bits per heavy atom. The Hall–Kier alpha value is -2.49. The summed E-state index contributed by atoms with van der Waals surface area (Å²) in [7, 11) is 0. The maximum Gasteiger partial charge on any atom is 0.317 e. The van der Waals surface area contributed by atoms with E-state index < -0.39 is 37.5 Å². The molecule has 10 heteroatoms. The van der Waals surface area contributed by atoms with E-state index in [0.717, 1.165) is 4.90 Å². The smallest absolute Gasteiger partial charge is 0.317 e. The van der Waals surface area contributed by atoms with Crippen molar-refractivity contribution >= 4 is 29.7 Å². The van der Waals surface area contributed by atoms with Crippen LogP contribution < -0.4 is 5.32 Å². The van der Waals surface area contributed by atoms with E-state index in [1.165, 1.54) is 0 Å². The number of nitrogens with zero attached hydrogens (tertiary/aromatic N) is 1. The summed E-state index contributed by atoms with van der Waals surface area (Å²) in [4.78, 5) is 51.5. The molecule has 4 N–H and O–H groups in total. The minimum absolute atomic E-state index is 0.148. The Kier molecular flexibility index (Phi) is 7.52. The Morgan fingerprint density at radius 1 is 0.850 bits per heavy atom. The number of carbonyl (C=O) groups excluding carboxylic acids is 2. The van der Waals surface area contributed by atoms with Gasteiger partial charge in [0.2, 0.25) is 11.8 Å². The predicted molar refractivity (Wildman–Crippen MR) is 61.7 cm³/mol. The van der Waals surface area contributed by atoms with Crippen LogP contribution in [-0.4, -0.2) is 69.6 Å². The van der Waals surface area contributed by atoms with E-state index in [4.69, 9.17) is 15.3 Å². The quantitative estimate of drug-likeness (QED) is 0.404. The zero-order valence-corrected chi connectivity index (χ0v) is 10.4. The number of nitrogens with one attached hydrogen (secondary N) is 1. The Labute approximate surface area is 113 Å². The number of carbonyl (C=O) groups is 5. The molecule has 0 bridgehead atoms. The highest BCUT2D eigenvalue weighted by Crippen LogP contribution is 1.95. The SMILES string of the molecule is O=C(O)CN(CC(=O)O)CC(=O)O.O=C1CCC(=O)N1. The van der Waals surface area contributed by atoms with E-state index in [1.54, 1.807) is 0 Å². The minimum atomic E-state index is -1.26. The lowest BCUT2D eigenvalue weighted by Crippen LogP contribution is -2.38. The van der Waals surface area contributed by atoms with Gasteiger partial charge >= 0.3 is 17.9 Å². The van der Waals surface area contributed by atoms with Crippen LogP contribution in [0.15, 0.2) is 0 Å². The largest absolute Gasteiger partial charge is 0.480 e. The third kappa shape index (κ3) is 9.53.